The molecule has 15 heavy (non-hydrogen) atoms. The molecule has 1 N–H and O–H groups in total. The third-order valence-electron chi connectivity index (χ3n) is 3.46. The highest BCUT2D eigenvalue weighted by Crippen LogP contribution is 2.48. The maximum Gasteiger partial charge on any atom is 0.157 e. The Bertz CT molecular complexity index is 279. The zero-order valence-electron chi connectivity index (χ0n) is 9.34. The molecule has 2 rings (SSSR count). The van der Waals surface area contributed by atoms with E-state index in [0.717, 1.165) is 31.7 Å². The molecular formula is C12H19NO2. The molecule has 1 saturated carbocycles. The average Bonchev–Trinajstić information content (AvgIpc) is 2.89. The van der Waals surface area contributed by atoms with Gasteiger partial charge in [-0.2, -0.15) is 0 Å². The molecule has 2 aliphatic carbocycles. The smallest absolute Gasteiger partial charge is 0.157 e. The Morgan fingerprint density at radius 1 is 1.47 bits per heavy atom. The second-order valence-corrected chi connectivity index (χ2v) is 4.73. The minimum absolute atomic E-state index is 0.263. The van der Waals surface area contributed by atoms with Crippen LogP contribution in [0.3, 0.4) is 0 Å². The lowest BCUT2D eigenvalue weighted by atomic mass is 10.0. The number of hydrogen-bond donors (Lipinski definition) is 1. The molecule has 0 atom stereocenters. The molecule has 0 aromatic carbocycles. The highest BCUT2D eigenvalue weighted by atomic mass is 16.5. The SMILES string of the molecule is COCCC1(CNC2=CC(=O)CC2)CC1. The van der Waals surface area contributed by atoms with Crippen molar-refractivity contribution >= 4 is 5.78 Å². The minimum Gasteiger partial charge on any atom is -0.388 e. The standard InChI is InChI=1S/C12H19NO2/c1-15-7-6-12(4-5-12)9-13-10-2-3-11(14)8-10/h8,13H,2-7,9H2,1H3. The largest absolute Gasteiger partial charge is 0.388 e. The fraction of sp³-hybridized carbons (Fsp3) is 0.750. The first-order chi connectivity index (χ1) is 7.24. The van der Waals surface area contributed by atoms with Gasteiger partial charge in [0.15, 0.2) is 5.78 Å². The minimum atomic E-state index is 0.263. The first kappa shape index (κ1) is 10.7. The summed E-state index contributed by atoms with van der Waals surface area (Å²) in [6, 6.07) is 0. The third-order valence-corrected chi connectivity index (χ3v) is 3.46. The number of ketones is 1. The Morgan fingerprint density at radius 3 is 2.80 bits per heavy atom. The molecule has 0 spiro atoms. The number of methoxy groups -OCH3 is 1. The quantitative estimate of drug-likeness (QED) is 0.722. The van der Waals surface area contributed by atoms with Crippen LogP contribution in [0.25, 0.3) is 0 Å². The van der Waals surface area contributed by atoms with Crippen LogP contribution in [-0.2, 0) is 9.53 Å². The maximum atomic E-state index is 11.0. The second kappa shape index (κ2) is 4.35. The summed E-state index contributed by atoms with van der Waals surface area (Å²) >= 11 is 0. The summed E-state index contributed by atoms with van der Waals surface area (Å²) in [6.07, 6.45) is 7.08. The van der Waals surface area contributed by atoms with Crippen LogP contribution in [0.5, 0.6) is 0 Å². The van der Waals surface area contributed by atoms with Crippen molar-refractivity contribution in [2.45, 2.75) is 32.1 Å². The van der Waals surface area contributed by atoms with Gasteiger partial charge in [0.1, 0.15) is 0 Å². The average molecular weight is 209 g/mol. The molecular weight excluding hydrogens is 190 g/mol. The van der Waals surface area contributed by atoms with E-state index < -0.39 is 0 Å². The molecule has 0 heterocycles. The highest BCUT2D eigenvalue weighted by molar-refractivity contribution is 5.92. The van der Waals surface area contributed by atoms with Gasteiger partial charge < -0.3 is 10.1 Å². The van der Waals surface area contributed by atoms with Crippen molar-refractivity contribution in [1.82, 2.24) is 5.32 Å². The first-order valence-corrected chi connectivity index (χ1v) is 5.70. The van der Waals surface area contributed by atoms with Gasteiger partial charge >= 0.3 is 0 Å². The van der Waals surface area contributed by atoms with Gasteiger partial charge in [0.05, 0.1) is 0 Å². The summed E-state index contributed by atoms with van der Waals surface area (Å²) in [6.45, 7) is 1.86. The van der Waals surface area contributed by atoms with E-state index in [4.69, 9.17) is 4.74 Å². The predicted molar refractivity (Wildman–Crippen MR) is 58.5 cm³/mol. The van der Waals surface area contributed by atoms with Gasteiger partial charge in [-0.3, -0.25) is 4.79 Å². The summed E-state index contributed by atoms with van der Waals surface area (Å²) in [7, 11) is 1.75. The van der Waals surface area contributed by atoms with E-state index in [9.17, 15) is 4.79 Å². The van der Waals surface area contributed by atoms with Crippen LogP contribution in [0.4, 0.5) is 0 Å². The Kier molecular flexibility index (Phi) is 3.10. The Labute approximate surface area is 90.9 Å². The number of hydrogen-bond acceptors (Lipinski definition) is 3. The number of carbonyl (C=O) groups excluding carboxylic acids is 1. The highest BCUT2D eigenvalue weighted by Gasteiger charge is 2.41. The van der Waals surface area contributed by atoms with E-state index in [2.05, 4.69) is 5.32 Å². The van der Waals surface area contributed by atoms with Crippen molar-refractivity contribution < 1.29 is 9.53 Å². The summed E-state index contributed by atoms with van der Waals surface area (Å²) in [5, 5.41) is 3.41. The van der Waals surface area contributed by atoms with Gasteiger partial charge in [0.2, 0.25) is 0 Å². The van der Waals surface area contributed by atoms with Gasteiger partial charge in [-0.25, -0.2) is 0 Å². The van der Waals surface area contributed by atoms with Crippen molar-refractivity contribution in [1.29, 1.82) is 0 Å². The molecule has 3 nitrogen and oxygen atoms in total. The van der Waals surface area contributed by atoms with E-state index in [0.29, 0.717) is 11.8 Å². The first-order valence-electron chi connectivity index (χ1n) is 5.70. The molecule has 0 aliphatic heterocycles. The van der Waals surface area contributed by atoms with E-state index in [1.54, 1.807) is 13.2 Å². The molecule has 0 bridgehead atoms. The zero-order chi connectivity index (χ0) is 10.7. The van der Waals surface area contributed by atoms with E-state index >= 15 is 0 Å². The van der Waals surface area contributed by atoms with E-state index in [-0.39, 0.29) is 5.78 Å². The Balaban J connectivity index is 1.73. The number of nitrogens with one attached hydrogen (secondary N) is 1. The fourth-order valence-electron chi connectivity index (χ4n) is 2.05. The van der Waals surface area contributed by atoms with Gasteiger partial charge in [0, 0.05) is 38.5 Å². The molecule has 0 amide bonds. The predicted octanol–water partition coefficient (Wildman–Crippen LogP) is 1.64. The van der Waals surface area contributed by atoms with Crippen molar-refractivity contribution in [3.05, 3.63) is 11.8 Å². The van der Waals surface area contributed by atoms with E-state index in [1.807, 2.05) is 0 Å². The number of ether oxygens (including phenoxy) is 1. The molecule has 2 aliphatic rings. The number of carbonyl (C=O) groups is 1. The maximum absolute atomic E-state index is 11.0. The molecule has 84 valence electrons. The molecule has 3 heteroatoms. The number of rotatable bonds is 6. The second-order valence-electron chi connectivity index (χ2n) is 4.73. The summed E-state index contributed by atoms with van der Waals surface area (Å²) < 4.78 is 5.11. The summed E-state index contributed by atoms with van der Waals surface area (Å²) in [4.78, 5) is 11.0. The summed E-state index contributed by atoms with van der Waals surface area (Å²) in [5.74, 6) is 0.263. The van der Waals surface area contributed by atoms with Crippen LogP contribution in [0.2, 0.25) is 0 Å². The molecule has 0 radical (unpaired) electrons. The monoisotopic (exact) mass is 209 g/mol. The molecule has 0 aromatic rings. The van der Waals surface area contributed by atoms with E-state index in [1.165, 1.54) is 12.8 Å². The van der Waals surface area contributed by atoms with Gasteiger partial charge in [-0.05, 0) is 31.1 Å². The third kappa shape index (κ3) is 2.81. The topological polar surface area (TPSA) is 38.3 Å². The lowest BCUT2D eigenvalue weighted by Gasteiger charge is -2.16. The Hall–Kier alpha value is -0.830. The fourth-order valence-corrected chi connectivity index (χ4v) is 2.05. The normalized spacial score (nSPS) is 22.7. The molecule has 0 unspecified atom stereocenters. The summed E-state index contributed by atoms with van der Waals surface area (Å²) in [5.41, 5.74) is 1.59. The van der Waals surface area contributed by atoms with Crippen LogP contribution in [-0.4, -0.2) is 26.0 Å². The van der Waals surface area contributed by atoms with Crippen LogP contribution in [0, 0.1) is 5.41 Å². The van der Waals surface area contributed by atoms with Crippen molar-refractivity contribution in [2.24, 2.45) is 5.41 Å². The molecule has 1 fully saturated rings. The Morgan fingerprint density at radius 2 is 2.27 bits per heavy atom. The van der Waals surface area contributed by atoms with Crippen molar-refractivity contribution in [2.75, 3.05) is 20.3 Å². The van der Waals surface area contributed by atoms with Crippen LogP contribution < -0.4 is 5.32 Å². The van der Waals surface area contributed by atoms with Crippen molar-refractivity contribution in [3.8, 4) is 0 Å². The van der Waals surface area contributed by atoms with Crippen LogP contribution in [0.1, 0.15) is 32.1 Å². The molecule has 0 aromatic heterocycles. The molecule has 0 saturated heterocycles. The van der Waals surface area contributed by atoms with Crippen LogP contribution >= 0.6 is 0 Å². The van der Waals surface area contributed by atoms with Crippen LogP contribution in [0.15, 0.2) is 11.8 Å². The van der Waals surface area contributed by atoms with Gasteiger partial charge in [-0.15, -0.1) is 0 Å². The van der Waals surface area contributed by atoms with Gasteiger partial charge in [-0.1, -0.05) is 0 Å². The van der Waals surface area contributed by atoms with Gasteiger partial charge in [0.25, 0.3) is 0 Å². The zero-order valence-corrected chi connectivity index (χ0v) is 9.34. The number of allylic oxidation sites excluding steroid dienone is 2. The van der Waals surface area contributed by atoms with Crippen molar-refractivity contribution in [3.63, 3.8) is 0 Å². The lowest BCUT2D eigenvalue weighted by molar-refractivity contribution is -0.114. The lowest BCUT2D eigenvalue weighted by Crippen LogP contribution is -2.24.